The molecule has 3 aromatic carbocycles. The van der Waals surface area contributed by atoms with E-state index in [0.29, 0.717) is 5.56 Å². The van der Waals surface area contributed by atoms with Gasteiger partial charge in [-0.25, -0.2) is 4.79 Å². The van der Waals surface area contributed by atoms with Gasteiger partial charge in [0.25, 0.3) is 11.1 Å². The second kappa shape index (κ2) is 11.0. The van der Waals surface area contributed by atoms with E-state index in [1.165, 1.54) is 24.1 Å². The van der Waals surface area contributed by atoms with Crippen LogP contribution in [0.15, 0.2) is 65.6 Å². The molecule has 0 N–H and O–H groups in total. The Bertz CT molecular complexity index is 1360. The highest BCUT2D eigenvalue weighted by Gasteiger charge is 2.35. The summed E-state index contributed by atoms with van der Waals surface area (Å²) in [5.41, 5.74) is 1.53. The first-order valence-corrected chi connectivity index (χ1v) is 12.8. The standard InChI is InChI=1S/C25H16Cl2INO5S/c1-33-20-11-15(10-19(27)22(20)34-24(31)17-4-2-3-5-18(17)26)12-21-23(30)29(25(32)35-21)13-14-6-8-16(28)9-7-14/h2-12H,13H2,1H3/b21-12-. The Balaban J connectivity index is 1.57. The van der Waals surface area contributed by atoms with Gasteiger partial charge in [-0.05, 0) is 88.0 Å². The van der Waals surface area contributed by atoms with E-state index in [9.17, 15) is 14.4 Å². The molecule has 0 radical (unpaired) electrons. The number of benzene rings is 3. The van der Waals surface area contributed by atoms with E-state index in [1.807, 2.05) is 24.3 Å². The zero-order chi connectivity index (χ0) is 25.1. The average Bonchev–Trinajstić information content (AvgIpc) is 3.09. The molecule has 35 heavy (non-hydrogen) atoms. The smallest absolute Gasteiger partial charge is 0.345 e. The molecule has 10 heteroatoms. The topological polar surface area (TPSA) is 72.9 Å². The van der Waals surface area contributed by atoms with Crippen LogP contribution in [0.4, 0.5) is 4.79 Å². The molecule has 1 heterocycles. The van der Waals surface area contributed by atoms with E-state index in [-0.39, 0.29) is 43.8 Å². The van der Waals surface area contributed by atoms with Crippen molar-refractivity contribution in [1.29, 1.82) is 0 Å². The Hall–Kier alpha value is -2.53. The molecular weight excluding hydrogens is 624 g/mol. The molecular formula is C25H16Cl2INO5S. The quantitative estimate of drug-likeness (QED) is 0.124. The van der Waals surface area contributed by atoms with Gasteiger partial charge in [0, 0.05) is 3.57 Å². The molecule has 0 unspecified atom stereocenters. The molecule has 6 nitrogen and oxygen atoms in total. The van der Waals surface area contributed by atoms with Crippen molar-refractivity contribution in [2.45, 2.75) is 6.54 Å². The molecule has 1 saturated heterocycles. The summed E-state index contributed by atoms with van der Waals surface area (Å²) < 4.78 is 11.9. The van der Waals surface area contributed by atoms with Crippen molar-refractivity contribution in [3.8, 4) is 11.5 Å². The summed E-state index contributed by atoms with van der Waals surface area (Å²) in [6.07, 6.45) is 1.55. The largest absolute Gasteiger partial charge is 0.493 e. The number of carbonyl (C=O) groups is 3. The van der Waals surface area contributed by atoms with Gasteiger partial charge in [-0.3, -0.25) is 14.5 Å². The monoisotopic (exact) mass is 639 g/mol. The fourth-order valence-corrected chi connectivity index (χ4v) is 4.93. The van der Waals surface area contributed by atoms with Crippen molar-refractivity contribution in [3.63, 3.8) is 0 Å². The average molecular weight is 640 g/mol. The lowest BCUT2D eigenvalue weighted by Crippen LogP contribution is -2.27. The molecule has 1 aliphatic heterocycles. The number of halogens is 3. The van der Waals surface area contributed by atoms with Gasteiger partial charge in [-0.15, -0.1) is 0 Å². The predicted molar refractivity (Wildman–Crippen MR) is 145 cm³/mol. The van der Waals surface area contributed by atoms with Gasteiger partial charge in [0.1, 0.15) is 0 Å². The lowest BCUT2D eigenvalue weighted by Gasteiger charge is -2.13. The van der Waals surface area contributed by atoms with Crippen molar-refractivity contribution in [2.75, 3.05) is 7.11 Å². The predicted octanol–water partition coefficient (Wildman–Crippen LogP) is 7.06. The molecule has 0 saturated carbocycles. The van der Waals surface area contributed by atoms with Crippen molar-refractivity contribution < 1.29 is 23.9 Å². The number of hydrogen-bond acceptors (Lipinski definition) is 6. The lowest BCUT2D eigenvalue weighted by molar-refractivity contribution is -0.123. The van der Waals surface area contributed by atoms with E-state index < -0.39 is 11.9 Å². The van der Waals surface area contributed by atoms with E-state index in [1.54, 1.807) is 30.3 Å². The number of methoxy groups -OCH3 is 1. The Morgan fingerprint density at radius 1 is 1.06 bits per heavy atom. The molecule has 0 aromatic heterocycles. The van der Waals surface area contributed by atoms with Gasteiger partial charge < -0.3 is 9.47 Å². The van der Waals surface area contributed by atoms with Gasteiger partial charge in [0.2, 0.25) is 0 Å². The second-order valence-electron chi connectivity index (χ2n) is 7.30. The second-order valence-corrected chi connectivity index (χ2v) is 10.4. The minimum absolute atomic E-state index is 0.0167. The van der Waals surface area contributed by atoms with Crippen LogP contribution in [0.3, 0.4) is 0 Å². The molecule has 0 bridgehead atoms. The van der Waals surface area contributed by atoms with Crippen LogP contribution in [0.25, 0.3) is 6.08 Å². The zero-order valence-electron chi connectivity index (χ0n) is 18.1. The SMILES string of the molecule is COc1cc(/C=C2\SC(=O)N(Cc3ccc(I)cc3)C2=O)cc(Cl)c1OC(=O)c1ccccc1Cl. The van der Waals surface area contributed by atoms with Crippen LogP contribution in [0.2, 0.25) is 10.0 Å². The van der Waals surface area contributed by atoms with Crippen LogP contribution in [0, 0.1) is 3.57 Å². The maximum absolute atomic E-state index is 12.9. The number of rotatable bonds is 6. The molecule has 1 fully saturated rings. The van der Waals surface area contributed by atoms with Crippen molar-refractivity contribution in [3.05, 3.63) is 95.9 Å². The van der Waals surface area contributed by atoms with E-state index in [4.69, 9.17) is 32.7 Å². The van der Waals surface area contributed by atoms with Gasteiger partial charge in [0.15, 0.2) is 11.5 Å². The van der Waals surface area contributed by atoms with E-state index >= 15 is 0 Å². The highest BCUT2D eigenvalue weighted by Crippen LogP contribution is 2.39. The summed E-state index contributed by atoms with van der Waals surface area (Å²) in [4.78, 5) is 39.4. The number of hydrogen-bond donors (Lipinski definition) is 0. The van der Waals surface area contributed by atoms with Crippen LogP contribution in [-0.4, -0.2) is 29.1 Å². The molecule has 1 aliphatic rings. The molecule has 4 rings (SSSR count). The molecule has 0 spiro atoms. The third kappa shape index (κ3) is 5.83. The van der Waals surface area contributed by atoms with Crippen molar-refractivity contribution >= 4 is 80.7 Å². The van der Waals surface area contributed by atoms with Gasteiger partial charge >= 0.3 is 5.97 Å². The summed E-state index contributed by atoms with van der Waals surface area (Å²) in [6.45, 7) is 0.180. The molecule has 178 valence electrons. The molecule has 2 amide bonds. The fourth-order valence-electron chi connectivity index (χ4n) is 3.26. The Morgan fingerprint density at radius 2 is 1.77 bits per heavy atom. The first kappa shape index (κ1) is 25.6. The van der Waals surface area contributed by atoms with Gasteiger partial charge in [-0.1, -0.05) is 47.5 Å². The molecule has 3 aromatic rings. The number of esters is 1. The summed E-state index contributed by atoms with van der Waals surface area (Å²) in [6, 6.07) is 17.1. The summed E-state index contributed by atoms with van der Waals surface area (Å²) in [7, 11) is 1.40. The van der Waals surface area contributed by atoms with E-state index in [2.05, 4.69) is 22.6 Å². The van der Waals surface area contributed by atoms with Gasteiger partial charge in [-0.2, -0.15) is 0 Å². The van der Waals surface area contributed by atoms with Crippen LogP contribution >= 0.6 is 57.6 Å². The maximum atomic E-state index is 12.9. The van der Waals surface area contributed by atoms with Crippen LogP contribution in [0.5, 0.6) is 11.5 Å². The first-order chi connectivity index (χ1) is 16.8. The van der Waals surface area contributed by atoms with Crippen LogP contribution in [-0.2, 0) is 11.3 Å². The Labute approximate surface area is 229 Å². The van der Waals surface area contributed by atoms with Crippen molar-refractivity contribution in [2.24, 2.45) is 0 Å². The first-order valence-electron chi connectivity index (χ1n) is 10.1. The molecule has 0 atom stereocenters. The minimum Gasteiger partial charge on any atom is -0.493 e. The third-order valence-corrected chi connectivity index (χ3v) is 7.20. The summed E-state index contributed by atoms with van der Waals surface area (Å²) >= 11 is 15.5. The zero-order valence-corrected chi connectivity index (χ0v) is 22.6. The van der Waals surface area contributed by atoms with Gasteiger partial charge in [0.05, 0.1) is 34.2 Å². The summed E-state index contributed by atoms with van der Waals surface area (Å²) in [5, 5.41) is -0.0255. The lowest BCUT2D eigenvalue weighted by atomic mass is 10.1. The Morgan fingerprint density at radius 3 is 2.46 bits per heavy atom. The fraction of sp³-hybridized carbons (Fsp3) is 0.0800. The number of amides is 2. The molecule has 0 aliphatic carbocycles. The maximum Gasteiger partial charge on any atom is 0.345 e. The summed E-state index contributed by atoms with van der Waals surface area (Å²) in [5.74, 6) is -0.895. The van der Waals surface area contributed by atoms with E-state index in [0.717, 1.165) is 20.9 Å². The number of ether oxygens (including phenoxy) is 2. The van der Waals surface area contributed by atoms with Crippen LogP contribution in [0.1, 0.15) is 21.5 Å². The highest BCUT2D eigenvalue weighted by atomic mass is 127. The Kier molecular flexibility index (Phi) is 8.05. The minimum atomic E-state index is -0.694. The normalized spacial score (nSPS) is 14.5. The third-order valence-electron chi connectivity index (χ3n) is 4.97. The van der Waals surface area contributed by atoms with Crippen molar-refractivity contribution in [1.82, 2.24) is 4.90 Å². The highest BCUT2D eigenvalue weighted by molar-refractivity contribution is 14.1. The van der Waals surface area contributed by atoms with Crippen LogP contribution < -0.4 is 9.47 Å². The number of carbonyl (C=O) groups excluding carboxylic acids is 3. The number of nitrogens with zero attached hydrogens (tertiary/aromatic N) is 1. The number of thioether (sulfide) groups is 1. The number of imide groups is 1.